The van der Waals surface area contributed by atoms with E-state index in [1.807, 2.05) is 0 Å². The van der Waals surface area contributed by atoms with Crippen LogP contribution in [0.1, 0.15) is 25.5 Å². The Hall–Kier alpha value is -2.11. The van der Waals surface area contributed by atoms with E-state index in [1.165, 1.54) is 6.20 Å². The van der Waals surface area contributed by atoms with E-state index in [4.69, 9.17) is 5.11 Å². The third kappa shape index (κ3) is 3.69. The summed E-state index contributed by atoms with van der Waals surface area (Å²) in [4.78, 5) is 28.4. The van der Waals surface area contributed by atoms with Gasteiger partial charge in [-0.2, -0.15) is 0 Å². The van der Waals surface area contributed by atoms with Crippen LogP contribution in [-0.4, -0.2) is 40.1 Å². The number of nitrogens with one attached hydrogen (secondary N) is 1. The molecule has 1 aliphatic rings. The maximum absolute atomic E-state index is 12.0. The molecule has 2 amide bonds. The summed E-state index contributed by atoms with van der Waals surface area (Å²) in [6.45, 7) is 3.72. The number of likely N-dealkylation sites (tertiary alicyclic amines) is 1. The van der Waals surface area contributed by atoms with Crippen molar-refractivity contribution in [2.24, 2.45) is 5.92 Å². The molecule has 20 heavy (non-hydrogen) atoms. The Morgan fingerprint density at radius 3 is 2.85 bits per heavy atom. The van der Waals surface area contributed by atoms with Crippen molar-refractivity contribution in [3.63, 3.8) is 0 Å². The molecule has 1 aromatic heterocycles. The highest BCUT2D eigenvalue weighted by molar-refractivity contribution is 5.89. The Labute approximate surface area is 117 Å². The minimum absolute atomic E-state index is 0.113. The fraction of sp³-hybridized carbons (Fsp3) is 0.500. The molecule has 1 saturated heterocycles. The van der Waals surface area contributed by atoms with E-state index in [2.05, 4.69) is 17.2 Å². The first kappa shape index (κ1) is 14.3. The van der Waals surface area contributed by atoms with Crippen LogP contribution < -0.4 is 5.32 Å². The van der Waals surface area contributed by atoms with Crippen LogP contribution in [0.3, 0.4) is 0 Å². The Morgan fingerprint density at radius 1 is 1.50 bits per heavy atom. The number of rotatable bonds is 4. The molecular weight excluding hydrogens is 258 g/mol. The van der Waals surface area contributed by atoms with Gasteiger partial charge in [-0.05, 0) is 24.5 Å². The van der Waals surface area contributed by atoms with Crippen molar-refractivity contribution in [2.45, 2.75) is 26.2 Å². The van der Waals surface area contributed by atoms with E-state index >= 15 is 0 Å². The van der Waals surface area contributed by atoms with Crippen molar-refractivity contribution in [1.29, 1.82) is 0 Å². The van der Waals surface area contributed by atoms with Crippen LogP contribution in [0, 0.1) is 5.92 Å². The average molecular weight is 277 g/mol. The maximum Gasteiger partial charge on any atom is 0.321 e. The average Bonchev–Trinajstić information content (AvgIpc) is 2.89. The number of carbonyl (C=O) groups is 2. The van der Waals surface area contributed by atoms with Gasteiger partial charge in [-0.25, -0.2) is 4.79 Å². The lowest BCUT2D eigenvalue weighted by molar-refractivity contribution is -0.136. The first-order chi connectivity index (χ1) is 9.58. The maximum atomic E-state index is 12.0. The molecular formula is C14H19N3O3. The van der Waals surface area contributed by atoms with E-state index in [-0.39, 0.29) is 12.5 Å². The predicted molar refractivity (Wildman–Crippen MR) is 74.6 cm³/mol. The Kier molecular flexibility index (Phi) is 4.55. The van der Waals surface area contributed by atoms with Crippen LogP contribution in [0.2, 0.25) is 0 Å². The monoisotopic (exact) mass is 277 g/mol. The summed E-state index contributed by atoms with van der Waals surface area (Å²) in [5.41, 5.74) is 1.06. The highest BCUT2D eigenvalue weighted by Crippen LogP contribution is 2.20. The van der Waals surface area contributed by atoms with Gasteiger partial charge in [0.05, 0.1) is 24.0 Å². The predicted octanol–water partition coefficient (Wildman–Crippen LogP) is 1.97. The number of aliphatic carboxylic acids is 1. The molecule has 1 fully saturated rings. The third-order valence-corrected chi connectivity index (χ3v) is 3.56. The lowest BCUT2D eigenvalue weighted by Crippen LogP contribution is -2.33. The molecule has 6 heteroatoms. The van der Waals surface area contributed by atoms with Gasteiger partial charge in [0.25, 0.3) is 0 Å². The first-order valence-corrected chi connectivity index (χ1v) is 6.81. The van der Waals surface area contributed by atoms with E-state index in [0.717, 1.165) is 25.9 Å². The number of carboxylic acids is 1. The fourth-order valence-corrected chi connectivity index (χ4v) is 2.31. The Balaban J connectivity index is 1.90. The number of urea groups is 1. The number of aromatic nitrogens is 1. The molecule has 0 aliphatic carbocycles. The lowest BCUT2D eigenvalue weighted by atomic mass is 10.1. The molecule has 0 spiro atoms. The minimum Gasteiger partial charge on any atom is -0.481 e. The van der Waals surface area contributed by atoms with Crippen molar-refractivity contribution in [2.75, 3.05) is 18.4 Å². The molecule has 6 nitrogen and oxygen atoms in total. The molecule has 1 atom stereocenters. The van der Waals surface area contributed by atoms with Gasteiger partial charge in [-0.1, -0.05) is 13.3 Å². The molecule has 0 saturated carbocycles. The highest BCUT2D eigenvalue weighted by Gasteiger charge is 2.24. The quantitative estimate of drug-likeness (QED) is 0.881. The molecule has 108 valence electrons. The molecule has 1 aliphatic heterocycles. The molecule has 2 rings (SSSR count). The second-order valence-corrected chi connectivity index (χ2v) is 5.05. The molecule has 2 N–H and O–H groups in total. The van der Waals surface area contributed by atoms with Gasteiger partial charge in [0.15, 0.2) is 0 Å². The second kappa shape index (κ2) is 6.36. The molecule has 2 heterocycles. The zero-order valence-corrected chi connectivity index (χ0v) is 11.5. The topological polar surface area (TPSA) is 82.5 Å². The van der Waals surface area contributed by atoms with Gasteiger partial charge in [-0.15, -0.1) is 0 Å². The number of amides is 2. The van der Waals surface area contributed by atoms with Crippen LogP contribution in [0.4, 0.5) is 10.5 Å². The molecule has 0 radical (unpaired) electrons. The second-order valence-electron chi connectivity index (χ2n) is 5.05. The van der Waals surface area contributed by atoms with Crippen molar-refractivity contribution >= 4 is 17.7 Å². The summed E-state index contributed by atoms with van der Waals surface area (Å²) in [6, 6.07) is 3.17. The number of nitrogens with zero attached hydrogens (tertiary/aromatic N) is 2. The number of carbonyl (C=O) groups excluding carboxylic acids is 1. The Morgan fingerprint density at radius 2 is 2.30 bits per heavy atom. The highest BCUT2D eigenvalue weighted by atomic mass is 16.4. The third-order valence-electron chi connectivity index (χ3n) is 3.56. The summed E-state index contributed by atoms with van der Waals surface area (Å²) in [5, 5.41) is 11.4. The van der Waals surface area contributed by atoms with Gasteiger partial charge in [0.1, 0.15) is 0 Å². The van der Waals surface area contributed by atoms with Crippen LogP contribution in [0.15, 0.2) is 18.3 Å². The zero-order valence-electron chi connectivity index (χ0n) is 11.5. The van der Waals surface area contributed by atoms with Gasteiger partial charge in [0, 0.05) is 13.1 Å². The summed E-state index contributed by atoms with van der Waals surface area (Å²) >= 11 is 0. The van der Waals surface area contributed by atoms with E-state index in [0.29, 0.717) is 17.3 Å². The molecule has 0 aromatic carbocycles. The summed E-state index contributed by atoms with van der Waals surface area (Å²) in [5.74, 6) is -0.325. The zero-order chi connectivity index (χ0) is 14.5. The summed E-state index contributed by atoms with van der Waals surface area (Å²) < 4.78 is 0. The first-order valence-electron chi connectivity index (χ1n) is 6.81. The van der Waals surface area contributed by atoms with Gasteiger partial charge in [0.2, 0.25) is 0 Å². The van der Waals surface area contributed by atoms with E-state index < -0.39 is 5.97 Å². The van der Waals surface area contributed by atoms with Crippen LogP contribution >= 0.6 is 0 Å². The van der Waals surface area contributed by atoms with Crippen LogP contribution in [0.25, 0.3) is 0 Å². The van der Waals surface area contributed by atoms with Crippen LogP contribution in [0.5, 0.6) is 0 Å². The van der Waals surface area contributed by atoms with Gasteiger partial charge in [-0.3, -0.25) is 9.78 Å². The van der Waals surface area contributed by atoms with Gasteiger partial charge >= 0.3 is 12.0 Å². The summed E-state index contributed by atoms with van der Waals surface area (Å²) in [7, 11) is 0. The number of anilines is 1. The number of hydrogen-bond donors (Lipinski definition) is 2. The summed E-state index contributed by atoms with van der Waals surface area (Å²) in [6.07, 6.45) is 3.52. The molecule has 0 bridgehead atoms. The number of carboxylic acid groups (broad SMARTS) is 1. The molecule has 1 unspecified atom stereocenters. The van der Waals surface area contributed by atoms with Crippen LogP contribution in [-0.2, 0) is 11.2 Å². The number of hydrogen-bond acceptors (Lipinski definition) is 3. The van der Waals surface area contributed by atoms with Gasteiger partial charge < -0.3 is 15.3 Å². The standard InChI is InChI=1S/C14H19N3O3/c1-2-10-5-6-17(9-10)14(20)16-12-4-3-11(15-8-12)7-13(18)19/h3-4,8,10H,2,5-7,9H2,1H3,(H,16,20)(H,18,19). The van der Waals surface area contributed by atoms with Crippen molar-refractivity contribution in [3.05, 3.63) is 24.0 Å². The largest absolute Gasteiger partial charge is 0.481 e. The smallest absolute Gasteiger partial charge is 0.321 e. The molecule has 1 aromatic rings. The van der Waals surface area contributed by atoms with E-state index in [9.17, 15) is 9.59 Å². The normalized spacial score (nSPS) is 18.1. The number of pyridine rings is 1. The Bertz CT molecular complexity index is 487. The van der Waals surface area contributed by atoms with Crippen molar-refractivity contribution < 1.29 is 14.7 Å². The van der Waals surface area contributed by atoms with Crippen molar-refractivity contribution in [1.82, 2.24) is 9.88 Å². The fourth-order valence-electron chi connectivity index (χ4n) is 2.31. The SMILES string of the molecule is CCC1CCN(C(=O)Nc2ccc(CC(=O)O)nc2)C1. The van der Waals surface area contributed by atoms with E-state index in [1.54, 1.807) is 17.0 Å². The lowest BCUT2D eigenvalue weighted by Gasteiger charge is -2.17. The van der Waals surface area contributed by atoms with Crippen molar-refractivity contribution in [3.8, 4) is 0 Å². The minimum atomic E-state index is -0.919.